The molecule has 164 valence electrons. The SMILES string of the molecule is CCNC(=NCC(C)(O)c1ccccc1)NCC(c1ccc(C)o1)N1CCOCC1. The molecule has 7 nitrogen and oxygen atoms in total. The number of morpholine rings is 1. The lowest BCUT2D eigenvalue weighted by Crippen LogP contribution is -2.46. The Morgan fingerprint density at radius 2 is 1.90 bits per heavy atom. The molecule has 1 aromatic carbocycles. The molecular formula is C23H34N4O3. The second kappa shape index (κ2) is 10.6. The lowest BCUT2D eigenvalue weighted by molar-refractivity contribution is 0.0124. The maximum atomic E-state index is 10.9. The quantitative estimate of drug-likeness (QED) is 0.455. The van der Waals surface area contributed by atoms with E-state index < -0.39 is 5.60 Å². The van der Waals surface area contributed by atoms with Crippen molar-refractivity contribution in [2.75, 3.05) is 45.9 Å². The Balaban J connectivity index is 1.69. The number of aryl methyl sites for hydroxylation is 1. The van der Waals surface area contributed by atoms with Crippen LogP contribution < -0.4 is 10.6 Å². The molecule has 0 aliphatic carbocycles. The van der Waals surface area contributed by atoms with Gasteiger partial charge in [0.2, 0.25) is 0 Å². The Morgan fingerprint density at radius 1 is 1.17 bits per heavy atom. The monoisotopic (exact) mass is 414 g/mol. The van der Waals surface area contributed by atoms with E-state index in [0.717, 1.165) is 49.9 Å². The van der Waals surface area contributed by atoms with E-state index in [9.17, 15) is 5.11 Å². The van der Waals surface area contributed by atoms with Crippen LogP contribution in [0.2, 0.25) is 0 Å². The van der Waals surface area contributed by atoms with Crippen LogP contribution in [0.3, 0.4) is 0 Å². The molecular weight excluding hydrogens is 380 g/mol. The van der Waals surface area contributed by atoms with Gasteiger partial charge in [0.05, 0.1) is 25.8 Å². The third-order valence-corrected chi connectivity index (χ3v) is 5.32. The largest absolute Gasteiger partial charge is 0.465 e. The highest BCUT2D eigenvalue weighted by Gasteiger charge is 2.26. The number of aliphatic hydroxyl groups is 1. The summed E-state index contributed by atoms with van der Waals surface area (Å²) in [6.07, 6.45) is 0. The van der Waals surface area contributed by atoms with Gasteiger partial charge in [-0.25, -0.2) is 4.99 Å². The van der Waals surface area contributed by atoms with Crippen molar-refractivity contribution >= 4 is 5.96 Å². The van der Waals surface area contributed by atoms with Crippen LogP contribution in [0.1, 0.15) is 37.0 Å². The highest BCUT2D eigenvalue weighted by molar-refractivity contribution is 5.79. The molecule has 0 radical (unpaired) electrons. The molecule has 1 saturated heterocycles. The molecule has 30 heavy (non-hydrogen) atoms. The summed E-state index contributed by atoms with van der Waals surface area (Å²) in [4.78, 5) is 7.02. The van der Waals surface area contributed by atoms with Gasteiger partial charge in [-0.1, -0.05) is 30.3 Å². The normalized spacial score (nSPS) is 18.6. The van der Waals surface area contributed by atoms with Gasteiger partial charge >= 0.3 is 0 Å². The molecule has 2 unspecified atom stereocenters. The number of nitrogens with one attached hydrogen (secondary N) is 2. The van der Waals surface area contributed by atoms with Gasteiger partial charge in [-0.05, 0) is 38.5 Å². The second-order valence-electron chi connectivity index (χ2n) is 7.83. The zero-order chi connectivity index (χ0) is 21.4. The van der Waals surface area contributed by atoms with E-state index in [2.05, 4.69) is 20.5 Å². The summed E-state index contributed by atoms with van der Waals surface area (Å²) in [7, 11) is 0. The molecule has 3 rings (SSSR count). The van der Waals surface area contributed by atoms with Crippen molar-refractivity contribution in [3.8, 4) is 0 Å². The van der Waals surface area contributed by atoms with Gasteiger partial charge < -0.3 is 24.9 Å². The topological polar surface area (TPSA) is 82.3 Å². The predicted octanol–water partition coefficient (Wildman–Crippen LogP) is 2.42. The van der Waals surface area contributed by atoms with Crippen LogP contribution in [0.25, 0.3) is 0 Å². The van der Waals surface area contributed by atoms with Crippen molar-refractivity contribution < 1.29 is 14.3 Å². The van der Waals surface area contributed by atoms with Gasteiger partial charge in [0.25, 0.3) is 0 Å². The highest BCUT2D eigenvalue weighted by atomic mass is 16.5. The van der Waals surface area contributed by atoms with Gasteiger partial charge in [0.1, 0.15) is 17.1 Å². The van der Waals surface area contributed by atoms with Gasteiger partial charge in [0, 0.05) is 26.2 Å². The standard InChI is InChI=1S/C23H34N4O3/c1-4-24-22(26-17-23(3,28)19-8-6-5-7-9-19)25-16-20(21-11-10-18(2)30-21)27-12-14-29-15-13-27/h5-11,20,28H,4,12-17H2,1-3H3,(H2,24,25,26). The highest BCUT2D eigenvalue weighted by Crippen LogP contribution is 2.23. The molecule has 0 saturated carbocycles. The maximum Gasteiger partial charge on any atom is 0.191 e. The summed E-state index contributed by atoms with van der Waals surface area (Å²) in [6.45, 7) is 10.6. The first kappa shape index (κ1) is 22.3. The van der Waals surface area contributed by atoms with E-state index in [1.807, 2.05) is 56.3 Å². The maximum absolute atomic E-state index is 10.9. The average molecular weight is 415 g/mol. The number of guanidine groups is 1. The number of rotatable bonds is 8. The van der Waals surface area contributed by atoms with Crippen molar-refractivity contribution in [2.45, 2.75) is 32.4 Å². The number of aliphatic imine (C=N–C) groups is 1. The number of hydrogen-bond donors (Lipinski definition) is 3. The van der Waals surface area contributed by atoms with E-state index in [1.165, 1.54) is 0 Å². The summed E-state index contributed by atoms with van der Waals surface area (Å²) < 4.78 is 11.5. The fourth-order valence-corrected chi connectivity index (χ4v) is 3.59. The summed E-state index contributed by atoms with van der Waals surface area (Å²) >= 11 is 0. The van der Waals surface area contributed by atoms with Crippen molar-refractivity contribution in [3.05, 3.63) is 59.5 Å². The second-order valence-corrected chi connectivity index (χ2v) is 7.83. The molecule has 1 aliphatic heterocycles. The van der Waals surface area contributed by atoms with E-state index in [-0.39, 0.29) is 12.6 Å². The van der Waals surface area contributed by atoms with Crippen LogP contribution in [-0.2, 0) is 10.3 Å². The molecule has 2 atom stereocenters. The minimum absolute atomic E-state index is 0.0843. The van der Waals surface area contributed by atoms with Gasteiger partial charge in [-0.2, -0.15) is 0 Å². The molecule has 1 aliphatic rings. The van der Waals surface area contributed by atoms with E-state index >= 15 is 0 Å². The van der Waals surface area contributed by atoms with Crippen molar-refractivity contribution in [2.24, 2.45) is 4.99 Å². The number of hydrogen-bond acceptors (Lipinski definition) is 5. The van der Waals surface area contributed by atoms with E-state index in [0.29, 0.717) is 12.5 Å². The number of ether oxygens (including phenoxy) is 1. The third-order valence-electron chi connectivity index (χ3n) is 5.32. The molecule has 2 heterocycles. The van der Waals surface area contributed by atoms with Crippen LogP contribution in [0.5, 0.6) is 0 Å². The minimum atomic E-state index is -1.04. The summed E-state index contributed by atoms with van der Waals surface area (Å²) in [6, 6.07) is 13.8. The van der Waals surface area contributed by atoms with Gasteiger partial charge in [-0.3, -0.25) is 4.90 Å². The number of furan rings is 1. The Kier molecular flexibility index (Phi) is 7.90. The first-order valence-corrected chi connectivity index (χ1v) is 10.7. The third kappa shape index (κ3) is 6.08. The lowest BCUT2D eigenvalue weighted by atomic mass is 9.96. The summed E-state index contributed by atoms with van der Waals surface area (Å²) in [5.41, 5.74) is -0.187. The van der Waals surface area contributed by atoms with Gasteiger partial charge in [0.15, 0.2) is 5.96 Å². The molecule has 3 N–H and O–H groups in total. The molecule has 0 amide bonds. The van der Waals surface area contributed by atoms with Crippen molar-refractivity contribution in [3.63, 3.8) is 0 Å². The fourth-order valence-electron chi connectivity index (χ4n) is 3.59. The number of nitrogens with zero attached hydrogens (tertiary/aromatic N) is 2. The fraction of sp³-hybridized carbons (Fsp3) is 0.522. The first-order chi connectivity index (χ1) is 14.5. The van der Waals surface area contributed by atoms with E-state index in [4.69, 9.17) is 9.15 Å². The van der Waals surface area contributed by atoms with Gasteiger partial charge in [-0.15, -0.1) is 0 Å². The van der Waals surface area contributed by atoms with Crippen LogP contribution in [0.4, 0.5) is 0 Å². The summed E-state index contributed by atoms with van der Waals surface area (Å²) in [5.74, 6) is 2.52. The zero-order valence-electron chi connectivity index (χ0n) is 18.2. The Labute approximate surface area is 179 Å². The van der Waals surface area contributed by atoms with Crippen molar-refractivity contribution in [1.29, 1.82) is 0 Å². The molecule has 1 aromatic heterocycles. The van der Waals surface area contributed by atoms with Crippen LogP contribution in [0, 0.1) is 6.92 Å². The average Bonchev–Trinajstić information content (AvgIpc) is 3.19. The first-order valence-electron chi connectivity index (χ1n) is 10.7. The van der Waals surface area contributed by atoms with Crippen LogP contribution in [0.15, 0.2) is 51.9 Å². The smallest absolute Gasteiger partial charge is 0.191 e. The minimum Gasteiger partial charge on any atom is -0.465 e. The molecule has 1 fully saturated rings. The Hall–Kier alpha value is -2.35. The molecule has 0 spiro atoms. The molecule has 2 aromatic rings. The predicted molar refractivity (Wildman–Crippen MR) is 119 cm³/mol. The van der Waals surface area contributed by atoms with E-state index in [1.54, 1.807) is 6.92 Å². The summed E-state index contributed by atoms with van der Waals surface area (Å²) in [5, 5.41) is 17.6. The Morgan fingerprint density at radius 3 is 2.53 bits per heavy atom. The lowest BCUT2D eigenvalue weighted by Gasteiger charge is -2.33. The van der Waals surface area contributed by atoms with Crippen molar-refractivity contribution in [1.82, 2.24) is 15.5 Å². The number of benzene rings is 1. The Bertz CT molecular complexity index is 798. The molecule has 0 bridgehead atoms. The zero-order valence-corrected chi connectivity index (χ0v) is 18.2. The molecule has 7 heteroatoms. The van der Waals surface area contributed by atoms with Crippen LogP contribution >= 0.6 is 0 Å². The van der Waals surface area contributed by atoms with Crippen LogP contribution in [-0.4, -0.2) is 61.9 Å².